The maximum Gasteiger partial charge on any atom is 0.265 e. The number of nitrogens with one attached hydrogen (secondary N) is 1. The molecule has 0 fully saturated rings. The van der Waals surface area contributed by atoms with E-state index in [1.165, 1.54) is 12.1 Å². The quantitative estimate of drug-likeness (QED) is 0.919. The molecule has 0 saturated heterocycles. The summed E-state index contributed by atoms with van der Waals surface area (Å²) in [5.74, 6) is 0. The number of hydrogen-bond acceptors (Lipinski definition) is 6. The highest BCUT2D eigenvalue weighted by atomic mass is 32.2. The number of aryl methyl sites for hydroxylation is 1. The van der Waals surface area contributed by atoms with E-state index in [9.17, 15) is 8.42 Å². The molecule has 0 radical (unpaired) electrons. The molecule has 0 saturated carbocycles. The monoisotopic (exact) mass is 280 g/mol. The molecule has 92 valence electrons. The molecule has 0 amide bonds. The molecule has 1 aromatic heterocycles. The van der Waals surface area contributed by atoms with Gasteiger partial charge in [0.25, 0.3) is 10.0 Å². The van der Waals surface area contributed by atoms with Crippen molar-refractivity contribution in [2.24, 2.45) is 0 Å². The lowest BCUT2D eigenvalue weighted by molar-refractivity contribution is 0.601. The fourth-order valence-corrected chi connectivity index (χ4v) is 3.28. The van der Waals surface area contributed by atoms with Crippen LogP contribution in [0.2, 0.25) is 0 Å². The van der Waals surface area contributed by atoms with Crippen LogP contribution in [0.3, 0.4) is 0 Å². The van der Waals surface area contributed by atoms with E-state index in [0.29, 0.717) is 5.01 Å². The summed E-state index contributed by atoms with van der Waals surface area (Å²) in [5.41, 5.74) is 0.0891. The molecule has 0 aliphatic rings. The highest BCUT2D eigenvalue weighted by molar-refractivity contribution is 7.93. The van der Waals surface area contributed by atoms with E-state index in [-0.39, 0.29) is 15.6 Å². The van der Waals surface area contributed by atoms with E-state index in [1.54, 1.807) is 19.1 Å². The average molecular weight is 280 g/mol. The van der Waals surface area contributed by atoms with E-state index in [4.69, 9.17) is 5.26 Å². The Labute approximate surface area is 108 Å². The Morgan fingerprint density at radius 3 is 2.67 bits per heavy atom. The Morgan fingerprint density at radius 1 is 1.33 bits per heavy atom. The molecule has 0 atom stereocenters. The Bertz CT molecular complexity index is 715. The molecule has 2 aromatic rings. The summed E-state index contributed by atoms with van der Waals surface area (Å²) in [6.45, 7) is 1.72. The predicted octanol–water partition coefficient (Wildman–Crippen LogP) is 1.52. The molecule has 18 heavy (non-hydrogen) atoms. The van der Waals surface area contributed by atoms with Gasteiger partial charge in [-0.15, -0.1) is 10.2 Å². The first-order chi connectivity index (χ1) is 8.53. The summed E-state index contributed by atoms with van der Waals surface area (Å²) in [6, 6.07) is 7.82. The van der Waals surface area contributed by atoms with Gasteiger partial charge >= 0.3 is 0 Å². The Hall–Kier alpha value is -1.98. The maximum atomic E-state index is 12.1. The maximum absolute atomic E-state index is 12.1. The van der Waals surface area contributed by atoms with E-state index in [0.717, 1.165) is 11.3 Å². The van der Waals surface area contributed by atoms with Crippen molar-refractivity contribution in [3.05, 3.63) is 34.8 Å². The molecule has 6 nitrogen and oxygen atoms in total. The van der Waals surface area contributed by atoms with Crippen LogP contribution in [0.5, 0.6) is 0 Å². The SMILES string of the molecule is Cc1nnc(NS(=O)(=O)c2ccccc2C#N)s1. The van der Waals surface area contributed by atoms with Crippen LogP contribution >= 0.6 is 11.3 Å². The van der Waals surface area contributed by atoms with Gasteiger partial charge in [-0.05, 0) is 19.1 Å². The standard InChI is InChI=1S/C10H8N4O2S2/c1-7-12-13-10(17-7)14-18(15,16)9-5-3-2-4-8(9)6-11/h2-5H,1H3,(H,13,14). The average Bonchev–Trinajstić information content (AvgIpc) is 2.74. The summed E-state index contributed by atoms with van der Waals surface area (Å²) in [6.07, 6.45) is 0. The predicted molar refractivity (Wildman–Crippen MR) is 66.6 cm³/mol. The van der Waals surface area contributed by atoms with Crippen LogP contribution in [-0.2, 0) is 10.0 Å². The second-order valence-corrected chi connectivity index (χ2v) is 6.17. The number of hydrogen-bond donors (Lipinski definition) is 1. The third-order valence-corrected chi connectivity index (χ3v) is 4.33. The van der Waals surface area contributed by atoms with Crippen molar-refractivity contribution in [2.75, 3.05) is 4.72 Å². The molecule has 0 spiro atoms. The molecule has 0 unspecified atom stereocenters. The minimum Gasteiger partial charge on any atom is -0.253 e. The van der Waals surface area contributed by atoms with Crippen LogP contribution in [0.25, 0.3) is 0 Å². The lowest BCUT2D eigenvalue weighted by atomic mass is 10.2. The van der Waals surface area contributed by atoms with Gasteiger partial charge in [0.05, 0.1) is 5.56 Å². The van der Waals surface area contributed by atoms with Crippen molar-refractivity contribution in [3.8, 4) is 6.07 Å². The number of rotatable bonds is 3. The topological polar surface area (TPSA) is 95.7 Å². The number of aromatic nitrogens is 2. The third-order valence-electron chi connectivity index (χ3n) is 2.04. The molecule has 8 heteroatoms. The van der Waals surface area contributed by atoms with E-state index in [1.807, 2.05) is 6.07 Å². The van der Waals surface area contributed by atoms with Gasteiger partial charge < -0.3 is 0 Å². The van der Waals surface area contributed by atoms with Crippen molar-refractivity contribution in [1.82, 2.24) is 10.2 Å². The summed E-state index contributed by atoms with van der Waals surface area (Å²) < 4.78 is 26.4. The molecule has 2 rings (SSSR count). The molecule has 1 aromatic carbocycles. The largest absolute Gasteiger partial charge is 0.265 e. The van der Waals surface area contributed by atoms with Gasteiger partial charge in [-0.3, -0.25) is 4.72 Å². The molecule has 0 bridgehead atoms. The first kappa shape index (κ1) is 12.5. The van der Waals surface area contributed by atoms with Crippen LogP contribution in [-0.4, -0.2) is 18.6 Å². The zero-order chi connectivity index (χ0) is 13.2. The minimum atomic E-state index is -3.81. The molecular weight excluding hydrogens is 272 g/mol. The minimum absolute atomic E-state index is 0.0691. The number of nitriles is 1. The van der Waals surface area contributed by atoms with Gasteiger partial charge in [0.1, 0.15) is 16.0 Å². The van der Waals surface area contributed by atoms with E-state index < -0.39 is 10.0 Å². The molecular formula is C10H8N4O2S2. The van der Waals surface area contributed by atoms with Gasteiger partial charge in [0, 0.05) is 0 Å². The van der Waals surface area contributed by atoms with Crippen LogP contribution in [0, 0.1) is 18.3 Å². The van der Waals surface area contributed by atoms with Gasteiger partial charge in [-0.25, -0.2) is 8.42 Å². The van der Waals surface area contributed by atoms with Gasteiger partial charge in [0.15, 0.2) is 0 Å². The third kappa shape index (κ3) is 2.47. The van der Waals surface area contributed by atoms with Crippen molar-refractivity contribution in [3.63, 3.8) is 0 Å². The smallest absolute Gasteiger partial charge is 0.253 e. The molecule has 1 N–H and O–H groups in total. The van der Waals surface area contributed by atoms with Crippen molar-refractivity contribution in [2.45, 2.75) is 11.8 Å². The second-order valence-electron chi connectivity index (χ2n) is 3.34. The fourth-order valence-electron chi connectivity index (χ4n) is 1.30. The van der Waals surface area contributed by atoms with Crippen LogP contribution in [0.15, 0.2) is 29.2 Å². The summed E-state index contributed by atoms with van der Waals surface area (Å²) >= 11 is 1.13. The normalized spacial score (nSPS) is 10.9. The van der Waals surface area contributed by atoms with Crippen molar-refractivity contribution in [1.29, 1.82) is 5.26 Å². The van der Waals surface area contributed by atoms with E-state index >= 15 is 0 Å². The molecule has 1 heterocycles. The zero-order valence-corrected chi connectivity index (χ0v) is 10.9. The molecule has 0 aliphatic carbocycles. The summed E-state index contributed by atoms with van der Waals surface area (Å²) in [4.78, 5) is -0.0691. The van der Waals surface area contributed by atoms with Crippen molar-refractivity contribution >= 4 is 26.5 Å². The van der Waals surface area contributed by atoms with Gasteiger partial charge in [-0.2, -0.15) is 5.26 Å². The lowest BCUT2D eigenvalue weighted by Crippen LogP contribution is -2.14. The number of anilines is 1. The summed E-state index contributed by atoms with van der Waals surface area (Å²) in [7, 11) is -3.81. The van der Waals surface area contributed by atoms with E-state index in [2.05, 4.69) is 14.9 Å². The highest BCUT2D eigenvalue weighted by Crippen LogP contribution is 2.21. The van der Waals surface area contributed by atoms with Gasteiger partial charge in [-0.1, -0.05) is 23.5 Å². The zero-order valence-electron chi connectivity index (χ0n) is 9.28. The number of nitrogens with zero attached hydrogens (tertiary/aromatic N) is 3. The highest BCUT2D eigenvalue weighted by Gasteiger charge is 2.19. The number of sulfonamides is 1. The van der Waals surface area contributed by atoms with Crippen LogP contribution in [0.4, 0.5) is 5.13 Å². The second kappa shape index (κ2) is 4.72. The molecule has 0 aliphatic heterocycles. The fraction of sp³-hybridized carbons (Fsp3) is 0.100. The summed E-state index contributed by atoms with van der Waals surface area (Å²) in [5, 5.41) is 17.1. The van der Waals surface area contributed by atoms with Crippen LogP contribution < -0.4 is 4.72 Å². The van der Waals surface area contributed by atoms with Gasteiger partial charge in [0.2, 0.25) is 5.13 Å². The first-order valence-corrected chi connectivity index (χ1v) is 7.15. The Morgan fingerprint density at radius 2 is 2.06 bits per heavy atom. The lowest BCUT2D eigenvalue weighted by Gasteiger charge is -2.05. The first-order valence-electron chi connectivity index (χ1n) is 4.85. The van der Waals surface area contributed by atoms with Crippen molar-refractivity contribution < 1.29 is 8.42 Å². The van der Waals surface area contributed by atoms with Crippen LogP contribution in [0.1, 0.15) is 10.6 Å². The Balaban J connectivity index is 2.40. The Kier molecular flexibility index (Phi) is 3.27. The number of benzene rings is 1.